The van der Waals surface area contributed by atoms with Gasteiger partial charge < -0.3 is 14.6 Å². The van der Waals surface area contributed by atoms with E-state index in [0.29, 0.717) is 4.90 Å². The van der Waals surface area contributed by atoms with Crippen molar-refractivity contribution in [3.8, 4) is 0 Å². The third kappa shape index (κ3) is 2.49. The molecule has 140 valence electrons. The second-order valence-electron chi connectivity index (χ2n) is 5.89. The van der Waals surface area contributed by atoms with Crippen LogP contribution in [0.4, 0.5) is 0 Å². The maximum absolute atomic E-state index is 12.7. The number of Topliss-reactive ketones (excluding diaryl/α,β-unsaturated/α-hetero) is 1. The van der Waals surface area contributed by atoms with Crippen molar-refractivity contribution in [2.45, 2.75) is 18.9 Å². The molecule has 1 unspecified atom stereocenters. The number of likely N-dealkylation sites (N-methyl/N-ethyl adjacent to an activating group) is 2. The van der Waals surface area contributed by atoms with Crippen molar-refractivity contribution in [1.82, 2.24) is 9.80 Å². The van der Waals surface area contributed by atoms with Gasteiger partial charge in [-0.15, -0.1) is 0 Å². The highest BCUT2D eigenvalue weighted by molar-refractivity contribution is 6.27. The number of carbonyl (C=O) groups excluding carboxylic acids is 5. The minimum absolute atomic E-state index is 0.427. The summed E-state index contributed by atoms with van der Waals surface area (Å²) >= 11 is 0. The highest BCUT2D eigenvalue weighted by Gasteiger charge is 2.55. The largest absolute Gasteiger partial charge is 0.497 e. The molecule has 10 heteroatoms. The van der Waals surface area contributed by atoms with Crippen LogP contribution >= 0.6 is 0 Å². The fourth-order valence-electron chi connectivity index (χ4n) is 2.97. The molecule has 2 heterocycles. The number of hydrogen-bond donors (Lipinski definition) is 1. The normalized spacial score (nSPS) is 24.1. The summed E-state index contributed by atoms with van der Waals surface area (Å²) in [5.41, 5.74) is -3.43. The Morgan fingerprint density at radius 3 is 1.96 bits per heavy atom. The fourth-order valence-corrected chi connectivity index (χ4v) is 2.97. The first-order valence-electron chi connectivity index (χ1n) is 7.46. The van der Waals surface area contributed by atoms with Crippen molar-refractivity contribution in [3.05, 3.63) is 22.7 Å². The van der Waals surface area contributed by atoms with E-state index in [4.69, 9.17) is 9.47 Å². The van der Waals surface area contributed by atoms with Gasteiger partial charge in [-0.05, 0) is 6.92 Å². The van der Waals surface area contributed by atoms with Crippen LogP contribution in [0.5, 0.6) is 0 Å². The number of ketones is 1. The molecule has 0 aliphatic carbocycles. The van der Waals surface area contributed by atoms with Crippen LogP contribution in [0, 0.1) is 0 Å². The molecule has 0 saturated heterocycles. The highest BCUT2D eigenvalue weighted by Crippen LogP contribution is 2.38. The summed E-state index contributed by atoms with van der Waals surface area (Å²) in [4.78, 5) is 62.6. The lowest BCUT2D eigenvalue weighted by Crippen LogP contribution is -2.57. The topological polar surface area (TPSA) is 131 Å². The van der Waals surface area contributed by atoms with Crippen LogP contribution < -0.4 is 0 Å². The lowest BCUT2D eigenvalue weighted by Gasteiger charge is -2.37. The zero-order chi connectivity index (χ0) is 20.0. The van der Waals surface area contributed by atoms with Gasteiger partial charge in [-0.3, -0.25) is 33.8 Å². The first-order chi connectivity index (χ1) is 12.0. The van der Waals surface area contributed by atoms with Crippen LogP contribution in [0.1, 0.15) is 13.3 Å². The second-order valence-corrected chi connectivity index (χ2v) is 5.89. The van der Waals surface area contributed by atoms with Crippen molar-refractivity contribution >= 4 is 29.4 Å². The van der Waals surface area contributed by atoms with E-state index in [-0.39, 0.29) is 0 Å². The maximum Gasteiger partial charge on any atom is 0.296 e. The first-order valence-corrected chi connectivity index (χ1v) is 7.46. The number of hydrogen-bond acceptors (Lipinski definition) is 8. The Morgan fingerprint density at radius 2 is 1.50 bits per heavy atom. The summed E-state index contributed by atoms with van der Waals surface area (Å²) in [6, 6.07) is 0. The van der Waals surface area contributed by atoms with Gasteiger partial charge in [-0.1, -0.05) is 0 Å². The van der Waals surface area contributed by atoms with Crippen molar-refractivity contribution in [2.75, 3.05) is 28.3 Å². The molecule has 2 aliphatic heterocycles. The average Bonchev–Trinajstić information content (AvgIpc) is 2.79. The predicted octanol–water partition coefficient (Wildman–Crippen LogP) is -1.51. The van der Waals surface area contributed by atoms with Crippen molar-refractivity contribution in [3.63, 3.8) is 0 Å². The van der Waals surface area contributed by atoms with Crippen LogP contribution in [-0.2, 0) is 33.4 Å². The summed E-state index contributed by atoms with van der Waals surface area (Å²) in [5, 5.41) is 10.8. The summed E-state index contributed by atoms with van der Waals surface area (Å²) in [7, 11) is 4.48. The van der Waals surface area contributed by atoms with Crippen LogP contribution in [-0.4, -0.2) is 78.2 Å². The lowest BCUT2D eigenvalue weighted by atomic mass is 9.84. The summed E-state index contributed by atoms with van der Waals surface area (Å²) in [6.07, 6.45) is -0.677. The molecule has 2 aliphatic rings. The third-order valence-corrected chi connectivity index (χ3v) is 4.19. The zero-order valence-electron chi connectivity index (χ0n) is 14.9. The fraction of sp³-hybridized carbons (Fsp3) is 0.438. The first kappa shape index (κ1) is 19.3. The average molecular weight is 366 g/mol. The number of methoxy groups -OCH3 is 2. The van der Waals surface area contributed by atoms with E-state index >= 15 is 0 Å². The van der Waals surface area contributed by atoms with E-state index in [0.717, 1.165) is 33.1 Å². The number of carbonyl (C=O) groups is 5. The summed E-state index contributed by atoms with van der Waals surface area (Å²) in [5.74, 6) is -5.27. The second kappa shape index (κ2) is 6.37. The quantitative estimate of drug-likeness (QED) is 0.582. The van der Waals surface area contributed by atoms with E-state index in [1.54, 1.807) is 0 Å². The van der Waals surface area contributed by atoms with E-state index < -0.39 is 64.1 Å². The van der Waals surface area contributed by atoms with E-state index in [1.165, 1.54) is 7.05 Å². The van der Waals surface area contributed by atoms with Gasteiger partial charge in [-0.25, -0.2) is 0 Å². The van der Waals surface area contributed by atoms with E-state index in [9.17, 15) is 29.1 Å². The Labute approximate surface area is 148 Å². The number of rotatable bonds is 5. The molecule has 0 radical (unpaired) electrons. The van der Waals surface area contributed by atoms with Gasteiger partial charge >= 0.3 is 0 Å². The molecule has 0 fully saturated rings. The van der Waals surface area contributed by atoms with Gasteiger partial charge in [-0.2, -0.15) is 0 Å². The molecule has 2 rings (SSSR count). The Morgan fingerprint density at radius 1 is 0.962 bits per heavy atom. The molecule has 0 aromatic rings. The van der Waals surface area contributed by atoms with E-state index in [2.05, 4.69) is 0 Å². The lowest BCUT2D eigenvalue weighted by molar-refractivity contribution is -0.160. The Bertz CT molecular complexity index is 809. The maximum atomic E-state index is 12.7. The van der Waals surface area contributed by atoms with Gasteiger partial charge in [0.15, 0.2) is 11.5 Å². The molecule has 10 nitrogen and oxygen atoms in total. The molecule has 0 aromatic heterocycles. The molecule has 1 N–H and O–H groups in total. The molecule has 0 aromatic carbocycles. The van der Waals surface area contributed by atoms with Gasteiger partial charge in [0.1, 0.15) is 11.4 Å². The van der Waals surface area contributed by atoms with Crippen LogP contribution in [0.15, 0.2) is 22.7 Å². The standard InChI is InChI=1S/C16H18N2O8/c1-7(19)6-16(24)11(26-5)9(13(21)18(3)15(16)23)8-10(25-4)14(22)17(2)12(8)20/h24H,6H2,1-5H3. The Balaban J connectivity index is 2.88. The molecule has 4 amide bonds. The molecular weight excluding hydrogens is 348 g/mol. The molecule has 0 spiro atoms. The van der Waals surface area contributed by atoms with E-state index in [1.807, 2.05) is 0 Å². The zero-order valence-corrected chi connectivity index (χ0v) is 14.9. The third-order valence-electron chi connectivity index (χ3n) is 4.19. The Hall–Kier alpha value is -3.01. The number of amides is 4. The molecule has 0 saturated carbocycles. The smallest absolute Gasteiger partial charge is 0.296 e. The minimum Gasteiger partial charge on any atom is -0.497 e. The van der Waals surface area contributed by atoms with Gasteiger partial charge in [0.05, 0.1) is 26.2 Å². The van der Waals surface area contributed by atoms with Crippen LogP contribution in [0.2, 0.25) is 0 Å². The number of nitrogens with zero attached hydrogens (tertiary/aromatic N) is 2. The minimum atomic E-state index is -2.49. The molecule has 26 heavy (non-hydrogen) atoms. The van der Waals surface area contributed by atoms with Crippen LogP contribution in [0.25, 0.3) is 0 Å². The van der Waals surface area contributed by atoms with Crippen molar-refractivity contribution < 1.29 is 38.6 Å². The van der Waals surface area contributed by atoms with Gasteiger partial charge in [0, 0.05) is 14.1 Å². The van der Waals surface area contributed by atoms with Gasteiger partial charge in [0.2, 0.25) is 5.60 Å². The summed E-state index contributed by atoms with van der Waals surface area (Å²) in [6.45, 7) is 1.15. The van der Waals surface area contributed by atoms with Crippen molar-refractivity contribution in [1.29, 1.82) is 0 Å². The van der Waals surface area contributed by atoms with Crippen molar-refractivity contribution in [2.24, 2.45) is 0 Å². The van der Waals surface area contributed by atoms with Crippen LogP contribution in [0.3, 0.4) is 0 Å². The van der Waals surface area contributed by atoms with Gasteiger partial charge in [0.25, 0.3) is 23.6 Å². The summed E-state index contributed by atoms with van der Waals surface area (Å²) < 4.78 is 10.0. The molecule has 1 atom stereocenters. The number of ether oxygens (including phenoxy) is 2. The predicted molar refractivity (Wildman–Crippen MR) is 83.9 cm³/mol. The number of imide groups is 2. The Kier molecular flexibility index (Phi) is 4.73. The molecule has 0 bridgehead atoms. The SMILES string of the molecule is COC1=C(C2=C(OC)C(O)(CC(C)=O)C(=O)N(C)C2=O)C(=O)N(C)C1=O. The molecular formula is C16H18N2O8. The highest BCUT2D eigenvalue weighted by atomic mass is 16.5. The monoisotopic (exact) mass is 366 g/mol. The number of aliphatic hydroxyl groups is 1.